The molecule has 3 rings (SSSR count). The maximum absolute atomic E-state index is 13.2. The van der Waals surface area contributed by atoms with Crippen LogP contribution in [0.25, 0.3) is 5.57 Å². The van der Waals surface area contributed by atoms with Gasteiger partial charge in [0, 0.05) is 6.54 Å². The van der Waals surface area contributed by atoms with Crippen LogP contribution in [0.2, 0.25) is 0 Å². The zero-order valence-corrected chi connectivity index (χ0v) is 9.25. The Balaban J connectivity index is 1.92. The van der Waals surface area contributed by atoms with Crippen molar-refractivity contribution in [3.05, 3.63) is 41.7 Å². The van der Waals surface area contributed by atoms with Gasteiger partial charge in [0.05, 0.1) is 0 Å². The third-order valence-electron chi connectivity index (χ3n) is 3.62. The van der Waals surface area contributed by atoms with Crippen LogP contribution in [0, 0.1) is 17.7 Å². The molecule has 84 valence electrons. The van der Waals surface area contributed by atoms with Gasteiger partial charge in [0.2, 0.25) is 0 Å². The number of hydrogen-bond donors (Lipinski definition) is 1. The molecule has 2 atom stereocenters. The van der Waals surface area contributed by atoms with Crippen molar-refractivity contribution in [1.82, 2.24) is 5.32 Å². The molecule has 2 aliphatic rings. The van der Waals surface area contributed by atoms with Gasteiger partial charge in [0.15, 0.2) is 0 Å². The minimum Gasteiger partial charge on any atom is -0.316 e. The second kappa shape index (κ2) is 4.02. The molecular weight excluding hydrogens is 201 g/mol. The van der Waals surface area contributed by atoms with Crippen molar-refractivity contribution >= 4 is 5.57 Å². The highest BCUT2D eigenvalue weighted by Gasteiger charge is 2.26. The first-order valence-electron chi connectivity index (χ1n) is 5.98. The van der Waals surface area contributed by atoms with Gasteiger partial charge in [-0.05, 0) is 54.5 Å². The summed E-state index contributed by atoms with van der Waals surface area (Å²) in [5.74, 6) is 1.25. The van der Waals surface area contributed by atoms with Crippen LogP contribution < -0.4 is 5.32 Å². The summed E-state index contributed by atoms with van der Waals surface area (Å²) in [7, 11) is 0. The van der Waals surface area contributed by atoms with Crippen LogP contribution in [0.4, 0.5) is 4.39 Å². The topological polar surface area (TPSA) is 12.0 Å². The number of allylic oxidation sites excluding steroid dienone is 1. The second-order valence-electron chi connectivity index (χ2n) is 4.93. The van der Waals surface area contributed by atoms with Crippen LogP contribution in [-0.2, 0) is 0 Å². The molecule has 0 saturated carbocycles. The van der Waals surface area contributed by atoms with E-state index in [4.69, 9.17) is 0 Å². The van der Waals surface area contributed by atoms with Gasteiger partial charge in [-0.25, -0.2) is 4.39 Å². The molecule has 0 amide bonds. The fourth-order valence-corrected chi connectivity index (χ4v) is 2.92. The van der Waals surface area contributed by atoms with Crippen LogP contribution in [0.15, 0.2) is 30.3 Å². The normalized spacial score (nSPS) is 28.7. The first kappa shape index (κ1) is 10.0. The van der Waals surface area contributed by atoms with E-state index in [1.54, 1.807) is 12.1 Å². The van der Waals surface area contributed by atoms with E-state index in [-0.39, 0.29) is 5.82 Å². The van der Waals surface area contributed by atoms with Gasteiger partial charge >= 0.3 is 0 Å². The highest BCUT2D eigenvalue weighted by molar-refractivity contribution is 5.67. The Morgan fingerprint density at radius 2 is 2.19 bits per heavy atom. The summed E-state index contributed by atoms with van der Waals surface area (Å²) in [6.07, 6.45) is 4.72. The van der Waals surface area contributed by atoms with E-state index >= 15 is 0 Å². The molecule has 1 heterocycles. The van der Waals surface area contributed by atoms with Gasteiger partial charge in [0.1, 0.15) is 5.82 Å². The minimum atomic E-state index is -0.132. The maximum Gasteiger partial charge on any atom is 0.123 e. The van der Waals surface area contributed by atoms with Crippen molar-refractivity contribution in [2.24, 2.45) is 11.8 Å². The lowest BCUT2D eigenvalue weighted by Gasteiger charge is -2.34. The Morgan fingerprint density at radius 3 is 3.00 bits per heavy atom. The van der Waals surface area contributed by atoms with E-state index in [0.717, 1.165) is 31.0 Å². The summed E-state index contributed by atoms with van der Waals surface area (Å²) in [4.78, 5) is 0. The molecule has 1 nitrogen and oxygen atoms in total. The molecule has 1 aromatic carbocycles. The number of hydrogen-bond acceptors (Lipinski definition) is 1. The summed E-state index contributed by atoms with van der Waals surface area (Å²) >= 11 is 0. The Kier molecular flexibility index (Phi) is 2.52. The Hall–Kier alpha value is -1.15. The Morgan fingerprint density at radius 1 is 1.25 bits per heavy atom. The van der Waals surface area contributed by atoms with E-state index in [0.29, 0.717) is 5.92 Å². The molecule has 1 aliphatic carbocycles. The minimum absolute atomic E-state index is 0.132. The number of halogens is 1. The highest BCUT2D eigenvalue weighted by atomic mass is 19.1. The Labute approximate surface area is 95.4 Å². The summed E-state index contributed by atoms with van der Waals surface area (Å²) in [5.41, 5.74) is 2.40. The summed E-state index contributed by atoms with van der Waals surface area (Å²) in [5, 5.41) is 3.45. The average Bonchev–Trinajstić information content (AvgIpc) is 2.28. The number of nitrogens with one attached hydrogen (secondary N) is 1. The third-order valence-corrected chi connectivity index (χ3v) is 3.62. The van der Waals surface area contributed by atoms with Crippen molar-refractivity contribution < 1.29 is 4.39 Å². The van der Waals surface area contributed by atoms with Crippen LogP contribution in [0.1, 0.15) is 18.4 Å². The fraction of sp³-hybridized carbons (Fsp3) is 0.429. The van der Waals surface area contributed by atoms with Crippen LogP contribution in [0.5, 0.6) is 0 Å². The van der Waals surface area contributed by atoms with Crippen molar-refractivity contribution in [3.8, 4) is 0 Å². The number of piperidine rings is 1. The molecule has 1 fully saturated rings. The SMILES string of the molecule is Fc1cccc(C2=C[C@H]3CNC[C@@H](C2)C3)c1. The molecule has 2 bridgehead atoms. The van der Waals surface area contributed by atoms with E-state index in [1.165, 1.54) is 18.1 Å². The van der Waals surface area contributed by atoms with Crippen molar-refractivity contribution in [2.75, 3.05) is 13.1 Å². The van der Waals surface area contributed by atoms with Crippen LogP contribution in [-0.4, -0.2) is 13.1 Å². The number of rotatable bonds is 1. The zero-order valence-electron chi connectivity index (χ0n) is 9.25. The van der Waals surface area contributed by atoms with E-state index in [9.17, 15) is 4.39 Å². The third kappa shape index (κ3) is 1.90. The van der Waals surface area contributed by atoms with Gasteiger partial charge < -0.3 is 5.32 Å². The number of benzene rings is 1. The lowest BCUT2D eigenvalue weighted by atomic mass is 9.78. The van der Waals surface area contributed by atoms with Gasteiger partial charge in [-0.2, -0.15) is 0 Å². The summed E-state index contributed by atoms with van der Waals surface area (Å²) < 4.78 is 13.2. The monoisotopic (exact) mass is 217 g/mol. The quantitative estimate of drug-likeness (QED) is 0.762. The smallest absolute Gasteiger partial charge is 0.123 e. The van der Waals surface area contributed by atoms with Crippen molar-refractivity contribution in [1.29, 1.82) is 0 Å². The summed E-state index contributed by atoms with van der Waals surface area (Å²) in [6, 6.07) is 6.98. The van der Waals surface area contributed by atoms with E-state index < -0.39 is 0 Å². The lowest BCUT2D eigenvalue weighted by Crippen LogP contribution is -2.37. The lowest BCUT2D eigenvalue weighted by molar-refractivity contribution is 0.317. The molecule has 0 unspecified atom stereocenters. The number of fused-ring (bicyclic) bond motifs is 2. The van der Waals surface area contributed by atoms with E-state index in [1.807, 2.05) is 6.07 Å². The first-order chi connectivity index (χ1) is 7.81. The first-order valence-corrected chi connectivity index (χ1v) is 5.98. The molecule has 1 N–H and O–H groups in total. The predicted octanol–water partition coefficient (Wildman–Crippen LogP) is 2.84. The van der Waals surface area contributed by atoms with Gasteiger partial charge in [-0.15, -0.1) is 0 Å². The summed E-state index contributed by atoms with van der Waals surface area (Å²) in [6.45, 7) is 2.19. The zero-order chi connectivity index (χ0) is 11.0. The fourth-order valence-electron chi connectivity index (χ4n) is 2.92. The van der Waals surface area contributed by atoms with Gasteiger partial charge in [0.25, 0.3) is 0 Å². The molecule has 0 aromatic heterocycles. The highest BCUT2D eigenvalue weighted by Crippen LogP contribution is 2.35. The van der Waals surface area contributed by atoms with Gasteiger partial charge in [-0.1, -0.05) is 18.2 Å². The van der Waals surface area contributed by atoms with Crippen molar-refractivity contribution in [2.45, 2.75) is 12.8 Å². The molecular formula is C14H16FN. The maximum atomic E-state index is 13.2. The van der Waals surface area contributed by atoms with Crippen LogP contribution in [0.3, 0.4) is 0 Å². The average molecular weight is 217 g/mol. The second-order valence-corrected chi connectivity index (χ2v) is 4.93. The van der Waals surface area contributed by atoms with Crippen LogP contribution >= 0.6 is 0 Å². The largest absolute Gasteiger partial charge is 0.316 e. The van der Waals surface area contributed by atoms with E-state index in [2.05, 4.69) is 11.4 Å². The molecule has 16 heavy (non-hydrogen) atoms. The Bertz CT molecular complexity index is 424. The standard InChI is InChI=1S/C14H16FN/c15-14-3-1-2-12(7-14)13-5-10-4-11(6-13)9-16-8-10/h1-3,5,7,10-11,16H,4,6,8-9H2/t10-,11+/m0/s1. The van der Waals surface area contributed by atoms with Gasteiger partial charge in [-0.3, -0.25) is 0 Å². The molecule has 2 heteroatoms. The molecule has 1 saturated heterocycles. The molecule has 0 spiro atoms. The molecule has 1 aliphatic heterocycles. The molecule has 1 aromatic rings. The predicted molar refractivity (Wildman–Crippen MR) is 63.5 cm³/mol. The van der Waals surface area contributed by atoms with Crippen molar-refractivity contribution in [3.63, 3.8) is 0 Å². The molecule has 0 radical (unpaired) electrons.